The number of hydrogen-bond acceptors (Lipinski definition) is 3. The lowest BCUT2D eigenvalue weighted by Crippen LogP contribution is -2.23. The third-order valence-electron chi connectivity index (χ3n) is 3.00. The van der Waals surface area contributed by atoms with Crippen LogP contribution in [0.2, 0.25) is 0 Å². The third-order valence-corrected chi connectivity index (χ3v) is 3.00. The number of likely N-dealkylation sites (N-methyl/N-ethyl adjacent to an activating group) is 1. The zero-order chi connectivity index (χ0) is 16.5. The molecule has 0 atom stereocenters. The molecular formula is C16H18FNO4. The number of halogens is 1. The summed E-state index contributed by atoms with van der Waals surface area (Å²) >= 11 is 0. The van der Waals surface area contributed by atoms with Crippen molar-refractivity contribution < 1.29 is 24.2 Å². The third kappa shape index (κ3) is 6.32. The summed E-state index contributed by atoms with van der Waals surface area (Å²) in [7, 11) is 2.08. The molecule has 0 fully saturated rings. The highest BCUT2D eigenvalue weighted by Gasteiger charge is 2.11. The van der Waals surface area contributed by atoms with E-state index < -0.39 is 11.9 Å². The largest absolute Gasteiger partial charge is 0.478 e. The smallest absolute Gasteiger partial charge is 0.328 e. The molecule has 0 radical (unpaired) electrons. The maximum absolute atomic E-state index is 13.4. The van der Waals surface area contributed by atoms with Crippen molar-refractivity contribution >= 4 is 17.5 Å². The van der Waals surface area contributed by atoms with Gasteiger partial charge in [0, 0.05) is 30.8 Å². The van der Waals surface area contributed by atoms with Gasteiger partial charge in [0.2, 0.25) is 0 Å². The van der Waals surface area contributed by atoms with Gasteiger partial charge in [0.05, 0.1) is 0 Å². The molecule has 0 spiro atoms. The summed E-state index contributed by atoms with van der Waals surface area (Å²) in [5.74, 6) is -2.62. The molecule has 0 unspecified atom stereocenters. The number of rotatable bonds is 3. The molecule has 2 N–H and O–H groups in total. The zero-order valence-corrected chi connectivity index (χ0v) is 12.2. The van der Waals surface area contributed by atoms with E-state index in [4.69, 9.17) is 10.2 Å². The van der Waals surface area contributed by atoms with Crippen LogP contribution in [0.15, 0.2) is 42.5 Å². The first kappa shape index (κ1) is 17.6. The van der Waals surface area contributed by atoms with Gasteiger partial charge in [0.25, 0.3) is 0 Å². The van der Waals surface area contributed by atoms with Crippen LogP contribution in [0, 0.1) is 5.82 Å². The topological polar surface area (TPSA) is 77.8 Å². The molecule has 0 aromatic heterocycles. The standard InChI is InChI=1S/C12H14FN.C4H4O4/c1-14-8-6-10(7-9-14)11-4-2-3-5-12(11)13;5-3(6)1-2-4(7)8/h2-6H,7-9H2,1H3;1-2H,(H,5,6)(H,7,8)/b;2-1-. The van der Waals surface area contributed by atoms with E-state index in [2.05, 4.69) is 18.0 Å². The molecule has 5 nitrogen and oxygen atoms in total. The number of hydrogen-bond donors (Lipinski definition) is 2. The lowest BCUT2D eigenvalue weighted by atomic mass is 9.99. The van der Waals surface area contributed by atoms with Crippen molar-refractivity contribution in [3.05, 3.63) is 53.9 Å². The average Bonchev–Trinajstić information content (AvgIpc) is 2.47. The highest BCUT2D eigenvalue weighted by molar-refractivity contribution is 5.89. The molecule has 1 aromatic rings. The molecule has 1 aliphatic heterocycles. The number of nitrogens with zero attached hydrogens (tertiary/aromatic N) is 1. The molecule has 118 valence electrons. The lowest BCUT2D eigenvalue weighted by molar-refractivity contribution is -0.134. The van der Waals surface area contributed by atoms with Crippen molar-refractivity contribution in [1.29, 1.82) is 0 Å². The SMILES string of the molecule is CN1CC=C(c2ccccc2F)CC1.O=C(O)/C=C\C(=O)O. The molecule has 1 aliphatic rings. The van der Waals surface area contributed by atoms with Crippen LogP contribution >= 0.6 is 0 Å². The van der Waals surface area contributed by atoms with E-state index in [-0.39, 0.29) is 5.82 Å². The highest BCUT2D eigenvalue weighted by Crippen LogP contribution is 2.23. The Labute approximate surface area is 128 Å². The molecule has 22 heavy (non-hydrogen) atoms. The summed E-state index contributed by atoms with van der Waals surface area (Å²) in [6.07, 6.45) is 4.17. The first-order valence-electron chi connectivity index (χ1n) is 6.66. The second-order valence-electron chi connectivity index (χ2n) is 4.73. The van der Waals surface area contributed by atoms with E-state index in [1.165, 1.54) is 6.07 Å². The van der Waals surface area contributed by atoms with Gasteiger partial charge in [-0.25, -0.2) is 14.0 Å². The fourth-order valence-electron chi connectivity index (χ4n) is 1.88. The van der Waals surface area contributed by atoms with Crippen LogP contribution in [0.25, 0.3) is 5.57 Å². The van der Waals surface area contributed by atoms with Gasteiger partial charge in [0.15, 0.2) is 0 Å². The Morgan fingerprint density at radius 1 is 1.18 bits per heavy atom. The van der Waals surface area contributed by atoms with Gasteiger partial charge in [-0.05, 0) is 25.1 Å². The molecule has 0 saturated heterocycles. The van der Waals surface area contributed by atoms with Crippen molar-refractivity contribution in [2.45, 2.75) is 6.42 Å². The Morgan fingerprint density at radius 3 is 2.23 bits per heavy atom. The maximum atomic E-state index is 13.4. The van der Waals surface area contributed by atoms with E-state index >= 15 is 0 Å². The normalized spacial score (nSPS) is 14.9. The summed E-state index contributed by atoms with van der Waals surface area (Å²) < 4.78 is 13.4. The predicted octanol–water partition coefficient (Wildman–Crippen LogP) is 2.26. The van der Waals surface area contributed by atoms with Crippen molar-refractivity contribution in [1.82, 2.24) is 4.90 Å². The summed E-state index contributed by atoms with van der Waals surface area (Å²) in [4.78, 5) is 21.3. The van der Waals surface area contributed by atoms with Crippen LogP contribution in [0.4, 0.5) is 4.39 Å². The number of carboxylic acid groups (broad SMARTS) is 2. The van der Waals surface area contributed by atoms with E-state index in [0.29, 0.717) is 12.2 Å². The summed E-state index contributed by atoms with van der Waals surface area (Å²) in [5.41, 5.74) is 1.90. The molecule has 0 amide bonds. The van der Waals surface area contributed by atoms with Crippen LogP contribution in [-0.4, -0.2) is 47.2 Å². The van der Waals surface area contributed by atoms with E-state index in [0.717, 1.165) is 30.6 Å². The Kier molecular flexibility index (Phi) is 6.98. The molecule has 1 heterocycles. The van der Waals surface area contributed by atoms with Crippen molar-refractivity contribution in [3.63, 3.8) is 0 Å². The molecule has 0 bridgehead atoms. The summed E-state index contributed by atoms with van der Waals surface area (Å²) in [6.45, 7) is 1.93. The van der Waals surface area contributed by atoms with Crippen LogP contribution < -0.4 is 0 Å². The van der Waals surface area contributed by atoms with Crippen molar-refractivity contribution in [2.24, 2.45) is 0 Å². The Hall–Kier alpha value is -2.47. The van der Waals surface area contributed by atoms with Crippen LogP contribution in [-0.2, 0) is 9.59 Å². The fraction of sp³-hybridized carbons (Fsp3) is 0.250. The fourth-order valence-corrected chi connectivity index (χ4v) is 1.88. The first-order valence-corrected chi connectivity index (χ1v) is 6.66. The Bertz CT molecular complexity index is 580. The first-order chi connectivity index (χ1) is 10.4. The maximum Gasteiger partial charge on any atom is 0.328 e. The number of carbonyl (C=O) groups is 2. The van der Waals surface area contributed by atoms with E-state index in [1.807, 2.05) is 12.1 Å². The predicted molar refractivity (Wildman–Crippen MR) is 80.9 cm³/mol. The van der Waals surface area contributed by atoms with Crippen LogP contribution in [0.5, 0.6) is 0 Å². The Morgan fingerprint density at radius 2 is 1.77 bits per heavy atom. The van der Waals surface area contributed by atoms with Crippen LogP contribution in [0.3, 0.4) is 0 Å². The van der Waals surface area contributed by atoms with Gasteiger partial charge in [0.1, 0.15) is 5.82 Å². The van der Waals surface area contributed by atoms with Crippen molar-refractivity contribution in [2.75, 3.05) is 20.1 Å². The summed E-state index contributed by atoms with van der Waals surface area (Å²) in [6, 6.07) is 6.99. The van der Waals surface area contributed by atoms with Gasteiger partial charge in [-0.2, -0.15) is 0 Å². The van der Waals surface area contributed by atoms with Gasteiger partial charge < -0.3 is 15.1 Å². The molecular weight excluding hydrogens is 289 g/mol. The molecule has 0 saturated carbocycles. The minimum Gasteiger partial charge on any atom is -0.478 e. The van der Waals surface area contributed by atoms with E-state index in [9.17, 15) is 14.0 Å². The lowest BCUT2D eigenvalue weighted by Gasteiger charge is -2.22. The molecule has 1 aromatic carbocycles. The Balaban J connectivity index is 0.000000261. The molecule has 0 aliphatic carbocycles. The number of benzene rings is 1. The second-order valence-corrected chi connectivity index (χ2v) is 4.73. The zero-order valence-electron chi connectivity index (χ0n) is 12.2. The summed E-state index contributed by atoms with van der Waals surface area (Å²) in [5, 5.41) is 15.6. The molecule has 6 heteroatoms. The monoisotopic (exact) mass is 307 g/mol. The minimum atomic E-state index is -1.26. The second kappa shape index (κ2) is 8.74. The minimum absolute atomic E-state index is 0.108. The van der Waals surface area contributed by atoms with Gasteiger partial charge in [-0.1, -0.05) is 24.3 Å². The van der Waals surface area contributed by atoms with Gasteiger partial charge in [-0.15, -0.1) is 0 Å². The molecule has 2 rings (SSSR count). The van der Waals surface area contributed by atoms with Crippen LogP contribution in [0.1, 0.15) is 12.0 Å². The number of aliphatic carboxylic acids is 2. The van der Waals surface area contributed by atoms with Crippen molar-refractivity contribution in [3.8, 4) is 0 Å². The van der Waals surface area contributed by atoms with Gasteiger partial charge in [-0.3, -0.25) is 0 Å². The van der Waals surface area contributed by atoms with E-state index in [1.54, 1.807) is 6.07 Å². The van der Waals surface area contributed by atoms with Gasteiger partial charge >= 0.3 is 11.9 Å². The number of carboxylic acids is 2. The quantitative estimate of drug-likeness (QED) is 0.838. The highest BCUT2D eigenvalue weighted by atomic mass is 19.1. The average molecular weight is 307 g/mol.